The van der Waals surface area contributed by atoms with Crippen molar-refractivity contribution in [3.63, 3.8) is 0 Å². The number of aryl methyl sites for hydroxylation is 2. The molecule has 0 aliphatic carbocycles. The fourth-order valence-corrected chi connectivity index (χ4v) is 12.8. The van der Waals surface area contributed by atoms with E-state index in [2.05, 4.69) is 60.7 Å². The second-order valence-electron chi connectivity index (χ2n) is 22.6. The number of hydrogen-bond donors (Lipinski definition) is 4. The minimum Gasteiger partial charge on any atom is -0.493 e. The first-order chi connectivity index (χ1) is 46.5. The van der Waals surface area contributed by atoms with Gasteiger partial charge in [0.05, 0.1) is 54.0 Å². The Bertz CT molecular complexity index is 5140. The molecule has 28 heteroatoms. The molecule has 0 amide bonds. The number of aliphatic hydroxyl groups is 1. The van der Waals surface area contributed by atoms with E-state index in [-0.39, 0.29) is 65.7 Å². The van der Waals surface area contributed by atoms with Gasteiger partial charge in [0.25, 0.3) is 12.2 Å². The Balaban J connectivity index is 0.000000130. The van der Waals surface area contributed by atoms with Crippen molar-refractivity contribution in [1.29, 1.82) is 0 Å². The van der Waals surface area contributed by atoms with Gasteiger partial charge in [0.2, 0.25) is 33.5 Å². The summed E-state index contributed by atoms with van der Waals surface area (Å²) in [7, 11) is -0.519. The van der Waals surface area contributed by atoms with Crippen LogP contribution in [0, 0.1) is 37.9 Å². The molecule has 3 aliphatic rings. The van der Waals surface area contributed by atoms with Crippen LogP contribution in [0.25, 0.3) is 55.2 Å². The number of fused-ring (bicyclic) bond motifs is 6. The van der Waals surface area contributed by atoms with E-state index in [1.807, 2.05) is 23.6 Å². The standard InChI is InChI=1S/C24H24FN5O3S.C22H18F3N5O.C22H17FN6O2/c1-15-14-30-23(28-15)19(16-4-6-17(7-5-16)34(31,32)29(2)3)12-26-24(30)27-13-20-18-10-11-33-22(18)9-8-21(20)25;1-12-11-30-21(29-12)16(14-3-2-7-26-19(14)20(24)25)10-28-22(30)27-9-15-13-6-8-31-18(13)5-4-17(15)23;1-24-20-11-29-21(28-20)16(13-3-2-7-25-18(13)12-30)10-27-22(29)26-9-15-14-6-8-31-19(14)5-4-17(15)23/h4-9,12,14H,10-11,13H2,1-3H3,(H,26,27);2-5,7,10-11,20H,6,8-9H2,1H3,(H,27,28);2-5,7,10-11,30H,6,8-9,12H2,(H,26,27). The zero-order valence-corrected chi connectivity index (χ0v) is 52.8. The van der Waals surface area contributed by atoms with Gasteiger partial charge in [-0.25, -0.2) is 59.6 Å². The van der Waals surface area contributed by atoms with E-state index in [4.69, 9.17) is 20.8 Å². The zero-order chi connectivity index (χ0) is 66.9. The molecule has 8 aromatic heterocycles. The molecule has 96 heavy (non-hydrogen) atoms. The lowest BCUT2D eigenvalue weighted by molar-refractivity contribution is 0.147. The van der Waals surface area contributed by atoms with Crippen molar-refractivity contribution < 1.29 is 49.7 Å². The maximum Gasteiger partial charge on any atom is 0.288 e. The molecular formula is C68H59F5N16O6S. The van der Waals surface area contributed by atoms with E-state index in [0.29, 0.717) is 130 Å². The van der Waals surface area contributed by atoms with Gasteiger partial charge < -0.3 is 40.1 Å². The fraction of sp³-hybridized carbons (Fsp3) is 0.221. The average molecular weight is 1320 g/mol. The number of halogens is 5. The van der Waals surface area contributed by atoms with Crippen LogP contribution in [0.5, 0.6) is 17.2 Å². The van der Waals surface area contributed by atoms with Gasteiger partial charge in [0.15, 0.2) is 0 Å². The van der Waals surface area contributed by atoms with Crippen molar-refractivity contribution in [2.45, 2.75) is 70.7 Å². The number of hydrogen-bond acceptors (Lipinski definition) is 17. The second-order valence-corrected chi connectivity index (χ2v) is 24.8. The van der Waals surface area contributed by atoms with Gasteiger partial charge in [-0.2, -0.15) is 0 Å². The highest BCUT2D eigenvalue weighted by Gasteiger charge is 2.27. The van der Waals surface area contributed by atoms with Gasteiger partial charge in [-0.15, -0.1) is 0 Å². The molecule has 0 radical (unpaired) electrons. The number of nitrogens with one attached hydrogen (secondary N) is 3. The summed E-state index contributed by atoms with van der Waals surface area (Å²) in [4.78, 5) is 38.7. The predicted molar refractivity (Wildman–Crippen MR) is 347 cm³/mol. The smallest absolute Gasteiger partial charge is 0.288 e. The van der Waals surface area contributed by atoms with E-state index in [9.17, 15) is 35.5 Å². The molecule has 0 unspecified atom stereocenters. The lowest BCUT2D eigenvalue weighted by atomic mass is 10.0. The van der Waals surface area contributed by atoms with E-state index < -0.39 is 16.4 Å². The van der Waals surface area contributed by atoms with Gasteiger partial charge in [0.1, 0.15) is 51.7 Å². The third-order valence-electron chi connectivity index (χ3n) is 16.5. The van der Waals surface area contributed by atoms with Crippen LogP contribution in [-0.2, 0) is 55.5 Å². The first kappa shape index (κ1) is 63.6. The number of imidazole rings is 3. The highest BCUT2D eigenvalue weighted by Crippen LogP contribution is 2.37. The van der Waals surface area contributed by atoms with Crippen molar-refractivity contribution >= 4 is 50.6 Å². The molecule has 4 N–H and O–H groups in total. The minimum absolute atomic E-state index is 0.201. The molecule has 0 saturated heterocycles. The largest absolute Gasteiger partial charge is 0.493 e. The summed E-state index contributed by atoms with van der Waals surface area (Å²) >= 11 is 0. The normalized spacial score (nSPS) is 12.9. The van der Waals surface area contributed by atoms with Crippen molar-refractivity contribution in [3.8, 4) is 50.6 Å². The van der Waals surface area contributed by atoms with Gasteiger partial charge >= 0.3 is 0 Å². The third-order valence-corrected chi connectivity index (χ3v) is 18.3. The molecule has 0 saturated carbocycles. The van der Waals surface area contributed by atoms with Crippen molar-refractivity contribution in [2.24, 2.45) is 0 Å². The SMILES string of the molecule is Cc1cn2c(NCc3c(F)ccc4c3CCO4)ncc(-c3ccc(S(=O)(=O)N(C)C)cc3)c2n1.Cc1cn2c(NCc3c(F)ccc4c3CCO4)ncc(-c3cccnc3C(F)F)c2n1.[C-]#[N+]c1cn2c(NCc3c(F)ccc4c3CCO4)ncc(-c3cccnc3CO)c2n1. The van der Waals surface area contributed by atoms with Gasteiger partial charge in [0, 0.05) is 158 Å². The Kier molecular flexibility index (Phi) is 17.7. The summed E-state index contributed by atoms with van der Waals surface area (Å²) < 4.78 is 118. The Morgan fingerprint density at radius 3 is 1.48 bits per heavy atom. The van der Waals surface area contributed by atoms with Crippen molar-refractivity contribution in [2.75, 3.05) is 49.9 Å². The first-order valence-corrected chi connectivity index (χ1v) is 31.7. The molecule has 0 atom stereocenters. The van der Waals surface area contributed by atoms with Gasteiger partial charge in [-0.1, -0.05) is 35.8 Å². The lowest BCUT2D eigenvalue weighted by Gasteiger charge is -2.14. The summed E-state index contributed by atoms with van der Waals surface area (Å²) in [5.74, 6) is 2.81. The number of sulfonamides is 1. The molecule has 4 aromatic carbocycles. The number of anilines is 3. The number of benzene rings is 4. The second kappa shape index (κ2) is 26.7. The summed E-state index contributed by atoms with van der Waals surface area (Å²) in [5.41, 5.74) is 11.1. The lowest BCUT2D eigenvalue weighted by Crippen LogP contribution is -2.22. The van der Waals surface area contributed by atoms with Crippen LogP contribution in [0.3, 0.4) is 0 Å². The number of rotatable bonds is 16. The molecule has 0 fully saturated rings. The Morgan fingerprint density at radius 1 is 0.573 bits per heavy atom. The first-order valence-electron chi connectivity index (χ1n) is 30.2. The van der Waals surface area contributed by atoms with Crippen LogP contribution in [0.1, 0.15) is 62.6 Å². The predicted octanol–water partition coefficient (Wildman–Crippen LogP) is 11.9. The number of pyridine rings is 2. The topological polar surface area (TPSA) is 242 Å². The molecule has 0 spiro atoms. The molecule has 11 heterocycles. The van der Waals surface area contributed by atoms with Gasteiger partial charge in [-0.05, 0) is 80.1 Å². The number of ether oxygens (including phenoxy) is 3. The molecule has 15 rings (SSSR count). The highest BCUT2D eigenvalue weighted by molar-refractivity contribution is 7.89. The molecule has 3 aliphatic heterocycles. The van der Waals surface area contributed by atoms with Crippen LogP contribution in [0.15, 0.2) is 139 Å². The van der Waals surface area contributed by atoms with Crippen LogP contribution < -0.4 is 30.2 Å². The Morgan fingerprint density at radius 2 is 1.01 bits per heavy atom. The Hall–Kier alpha value is -11.2. The van der Waals surface area contributed by atoms with E-state index in [1.54, 1.807) is 107 Å². The zero-order valence-electron chi connectivity index (χ0n) is 52.0. The quantitative estimate of drug-likeness (QED) is 0.0519. The van der Waals surface area contributed by atoms with Crippen LogP contribution in [0.4, 0.5) is 45.6 Å². The summed E-state index contributed by atoms with van der Waals surface area (Å²) in [6, 6.07) is 22.6. The molecule has 12 aromatic rings. The number of aromatic nitrogens is 11. The van der Waals surface area contributed by atoms with Crippen molar-refractivity contribution in [3.05, 3.63) is 220 Å². The maximum absolute atomic E-state index is 14.5. The maximum atomic E-state index is 14.5. The van der Waals surface area contributed by atoms with Gasteiger partial charge in [-0.3, -0.25) is 23.2 Å². The third kappa shape index (κ3) is 12.4. The highest BCUT2D eigenvalue weighted by atomic mass is 32.2. The Labute approximate surface area is 546 Å². The van der Waals surface area contributed by atoms with Crippen LogP contribution in [0.2, 0.25) is 0 Å². The molecule has 22 nitrogen and oxygen atoms in total. The van der Waals surface area contributed by atoms with Crippen molar-refractivity contribution in [1.82, 2.24) is 57.4 Å². The number of aliphatic hydroxyl groups excluding tert-OH is 1. The number of nitrogens with zero attached hydrogens (tertiary/aromatic N) is 13. The fourth-order valence-electron chi connectivity index (χ4n) is 11.9. The summed E-state index contributed by atoms with van der Waals surface area (Å²) in [5, 5.41) is 19.2. The monoisotopic (exact) mass is 1320 g/mol. The van der Waals surface area contributed by atoms with E-state index >= 15 is 0 Å². The van der Waals surface area contributed by atoms with E-state index in [1.165, 1.54) is 49.0 Å². The minimum atomic E-state index is -3.52. The van der Waals surface area contributed by atoms with Crippen LogP contribution in [-0.4, -0.2) is 105 Å². The summed E-state index contributed by atoms with van der Waals surface area (Å²) in [6.07, 6.45) is 12.2. The molecular weight excluding hydrogens is 1260 g/mol. The molecule has 488 valence electrons. The summed E-state index contributed by atoms with van der Waals surface area (Å²) in [6.45, 7) is 13.1. The van der Waals surface area contributed by atoms with Crippen LogP contribution >= 0.6 is 0 Å². The average Bonchev–Trinajstić information content (AvgIpc) is 1.57. The molecule has 0 bridgehead atoms. The number of alkyl halides is 2. The van der Waals surface area contributed by atoms with E-state index in [0.717, 1.165) is 39.3 Å².